The molecular weight excluding hydrogens is 129 g/mol. The van der Waals surface area contributed by atoms with Gasteiger partial charge >= 0.3 is 0 Å². The molecule has 0 heterocycles. The summed E-state index contributed by atoms with van der Waals surface area (Å²) in [6.45, 7) is -0.763. The maximum Gasteiger partial charge on any atom is 0.241 e. The largest absolute Gasteiger partial charge is 0.392 e. The summed E-state index contributed by atoms with van der Waals surface area (Å²) in [5.41, 5.74) is 2.97. The smallest absolute Gasteiger partial charge is 0.241 e. The maximum absolute atomic E-state index is 11.9. The van der Waals surface area contributed by atoms with E-state index in [4.69, 9.17) is 15.9 Å². The summed E-state index contributed by atoms with van der Waals surface area (Å²) in [6.07, 6.45) is -2.37. The lowest BCUT2D eigenvalue weighted by Gasteiger charge is -2.24. The molecule has 9 heavy (non-hydrogen) atoms. The minimum atomic E-state index is -2.37. The molecule has 0 spiro atoms. The Morgan fingerprint density at radius 3 is 2.33 bits per heavy atom. The van der Waals surface area contributed by atoms with E-state index >= 15 is 0 Å². The standard InChI is InChI=1S/C4H10FNO3/c1-9-4(6,2-7)3(5)8/h3,7-8H,2,6H2,1H3. The number of aliphatic hydroxyl groups is 2. The van der Waals surface area contributed by atoms with Crippen LogP contribution < -0.4 is 5.73 Å². The van der Waals surface area contributed by atoms with Crippen molar-refractivity contribution in [3.05, 3.63) is 0 Å². The second-order valence-electron chi connectivity index (χ2n) is 1.65. The number of methoxy groups -OCH3 is 1. The lowest BCUT2D eigenvalue weighted by Crippen LogP contribution is -2.53. The predicted octanol–water partition coefficient (Wildman–Crippen LogP) is -1.43. The number of ether oxygens (including phenoxy) is 1. The Morgan fingerprint density at radius 1 is 1.89 bits per heavy atom. The lowest BCUT2D eigenvalue weighted by molar-refractivity contribution is -0.174. The molecule has 0 saturated heterocycles. The first-order valence-corrected chi connectivity index (χ1v) is 2.34. The van der Waals surface area contributed by atoms with Crippen molar-refractivity contribution in [2.45, 2.75) is 12.1 Å². The zero-order valence-electron chi connectivity index (χ0n) is 5.04. The molecule has 0 fully saturated rings. The second-order valence-corrected chi connectivity index (χ2v) is 1.65. The fourth-order valence-electron chi connectivity index (χ4n) is 0.237. The van der Waals surface area contributed by atoms with Gasteiger partial charge in [0.1, 0.15) is 0 Å². The van der Waals surface area contributed by atoms with Gasteiger partial charge in [0.15, 0.2) is 5.72 Å². The molecule has 0 rings (SSSR count). The molecule has 0 aliphatic rings. The number of alkyl halides is 1. The van der Waals surface area contributed by atoms with Crippen molar-refractivity contribution >= 4 is 0 Å². The summed E-state index contributed by atoms with van der Waals surface area (Å²) in [5, 5.41) is 16.5. The SMILES string of the molecule is COC(N)(CO)C(O)F. The third-order valence-electron chi connectivity index (χ3n) is 1.03. The molecule has 2 atom stereocenters. The monoisotopic (exact) mass is 139 g/mol. The Bertz CT molecular complexity index is 83.9. The predicted molar refractivity (Wildman–Crippen MR) is 28.1 cm³/mol. The Labute approximate surface area is 52.0 Å². The van der Waals surface area contributed by atoms with Gasteiger partial charge < -0.3 is 14.9 Å². The number of hydrogen-bond donors (Lipinski definition) is 3. The highest BCUT2D eigenvalue weighted by Gasteiger charge is 2.33. The molecule has 0 aromatic carbocycles. The first kappa shape index (κ1) is 8.77. The van der Waals surface area contributed by atoms with E-state index < -0.39 is 18.7 Å². The molecule has 0 aliphatic heterocycles. The molecule has 0 bridgehead atoms. The Hall–Kier alpha value is -0.230. The van der Waals surface area contributed by atoms with Gasteiger partial charge in [0.2, 0.25) is 6.36 Å². The van der Waals surface area contributed by atoms with E-state index in [2.05, 4.69) is 4.74 Å². The zero-order chi connectivity index (χ0) is 7.49. The Kier molecular flexibility index (Phi) is 2.99. The fourth-order valence-corrected chi connectivity index (χ4v) is 0.237. The Morgan fingerprint density at radius 2 is 2.33 bits per heavy atom. The van der Waals surface area contributed by atoms with Crippen LogP contribution in [0.15, 0.2) is 0 Å². The molecule has 56 valence electrons. The number of halogens is 1. The van der Waals surface area contributed by atoms with Crippen LogP contribution in [0.4, 0.5) is 4.39 Å². The maximum atomic E-state index is 11.9. The van der Waals surface area contributed by atoms with Crippen LogP contribution in [0, 0.1) is 0 Å². The summed E-state index contributed by atoms with van der Waals surface area (Å²) in [5.74, 6) is 0. The van der Waals surface area contributed by atoms with Crippen molar-refractivity contribution in [2.24, 2.45) is 5.73 Å². The highest BCUT2D eigenvalue weighted by molar-refractivity contribution is 4.73. The lowest BCUT2D eigenvalue weighted by atomic mass is 10.2. The molecule has 0 radical (unpaired) electrons. The van der Waals surface area contributed by atoms with Crippen LogP contribution in [0.3, 0.4) is 0 Å². The number of aliphatic hydroxyl groups excluding tert-OH is 2. The minimum Gasteiger partial charge on any atom is -0.392 e. The molecule has 5 heteroatoms. The fraction of sp³-hybridized carbons (Fsp3) is 1.00. The third-order valence-corrected chi connectivity index (χ3v) is 1.03. The molecule has 0 saturated carbocycles. The van der Waals surface area contributed by atoms with Gasteiger partial charge in [-0.1, -0.05) is 0 Å². The average molecular weight is 139 g/mol. The summed E-state index contributed by atoms with van der Waals surface area (Å²) < 4.78 is 16.1. The van der Waals surface area contributed by atoms with Gasteiger partial charge in [0.25, 0.3) is 0 Å². The van der Waals surface area contributed by atoms with Gasteiger partial charge in [-0.05, 0) is 0 Å². The van der Waals surface area contributed by atoms with E-state index in [0.717, 1.165) is 7.11 Å². The zero-order valence-corrected chi connectivity index (χ0v) is 5.04. The molecule has 0 aliphatic carbocycles. The number of hydrogen-bond acceptors (Lipinski definition) is 4. The summed E-state index contributed by atoms with van der Waals surface area (Å²) in [4.78, 5) is 0. The first-order valence-electron chi connectivity index (χ1n) is 2.34. The van der Waals surface area contributed by atoms with Crippen LogP contribution in [0.1, 0.15) is 0 Å². The van der Waals surface area contributed by atoms with Crippen LogP contribution in [-0.2, 0) is 4.74 Å². The molecular formula is C4H10FNO3. The van der Waals surface area contributed by atoms with Crippen LogP contribution in [0.5, 0.6) is 0 Å². The van der Waals surface area contributed by atoms with E-state index in [-0.39, 0.29) is 0 Å². The normalized spacial score (nSPS) is 21.0. The Balaban J connectivity index is 3.92. The minimum absolute atomic E-state index is 0.763. The number of nitrogens with two attached hydrogens (primary N) is 1. The molecule has 0 amide bonds. The van der Waals surface area contributed by atoms with Gasteiger partial charge in [-0.2, -0.15) is 0 Å². The molecule has 4 N–H and O–H groups in total. The van der Waals surface area contributed by atoms with E-state index in [1.54, 1.807) is 0 Å². The summed E-state index contributed by atoms with van der Waals surface area (Å²) in [6, 6.07) is 0. The van der Waals surface area contributed by atoms with E-state index in [1.165, 1.54) is 0 Å². The first-order chi connectivity index (χ1) is 4.06. The molecule has 2 unspecified atom stereocenters. The van der Waals surface area contributed by atoms with Crippen LogP contribution >= 0.6 is 0 Å². The van der Waals surface area contributed by atoms with Crippen LogP contribution in [0.25, 0.3) is 0 Å². The quantitative estimate of drug-likeness (QED) is 0.419. The van der Waals surface area contributed by atoms with Gasteiger partial charge in [-0.15, -0.1) is 0 Å². The van der Waals surface area contributed by atoms with Gasteiger partial charge in [-0.3, -0.25) is 5.73 Å². The van der Waals surface area contributed by atoms with Gasteiger partial charge in [0.05, 0.1) is 6.61 Å². The highest BCUT2D eigenvalue weighted by atomic mass is 19.1. The number of rotatable bonds is 3. The van der Waals surface area contributed by atoms with E-state index in [0.29, 0.717) is 0 Å². The third kappa shape index (κ3) is 1.87. The van der Waals surface area contributed by atoms with E-state index in [1.807, 2.05) is 0 Å². The molecule has 4 nitrogen and oxygen atoms in total. The van der Waals surface area contributed by atoms with E-state index in [9.17, 15) is 4.39 Å². The summed E-state index contributed by atoms with van der Waals surface area (Å²) in [7, 11) is 1.10. The van der Waals surface area contributed by atoms with Gasteiger partial charge in [-0.25, -0.2) is 4.39 Å². The van der Waals surface area contributed by atoms with Crippen molar-refractivity contribution in [2.75, 3.05) is 13.7 Å². The van der Waals surface area contributed by atoms with Crippen LogP contribution in [-0.4, -0.2) is 36.0 Å². The molecule has 0 aromatic rings. The van der Waals surface area contributed by atoms with Gasteiger partial charge in [0, 0.05) is 7.11 Å². The van der Waals surface area contributed by atoms with Crippen LogP contribution in [0.2, 0.25) is 0 Å². The topological polar surface area (TPSA) is 75.7 Å². The van der Waals surface area contributed by atoms with Crippen molar-refractivity contribution in [3.63, 3.8) is 0 Å². The van der Waals surface area contributed by atoms with Crippen molar-refractivity contribution in [3.8, 4) is 0 Å². The molecule has 0 aromatic heterocycles. The highest BCUT2D eigenvalue weighted by Crippen LogP contribution is 2.07. The summed E-state index contributed by atoms with van der Waals surface area (Å²) >= 11 is 0. The van der Waals surface area contributed by atoms with Crippen molar-refractivity contribution < 1.29 is 19.3 Å². The average Bonchev–Trinajstić information content (AvgIpc) is 1.86. The van der Waals surface area contributed by atoms with Crippen molar-refractivity contribution in [1.82, 2.24) is 0 Å². The second kappa shape index (κ2) is 3.07. The van der Waals surface area contributed by atoms with Crippen molar-refractivity contribution in [1.29, 1.82) is 0 Å².